The van der Waals surface area contributed by atoms with Crippen LogP contribution in [0.1, 0.15) is 35.2 Å². The molecule has 3 N–H and O–H groups in total. The van der Waals surface area contributed by atoms with Gasteiger partial charge in [-0.25, -0.2) is 0 Å². The highest BCUT2D eigenvalue weighted by molar-refractivity contribution is 9.10. The lowest BCUT2D eigenvalue weighted by atomic mass is 10.1. The number of ether oxygens (including phenoxy) is 1. The lowest BCUT2D eigenvalue weighted by molar-refractivity contribution is 0.415. The summed E-state index contributed by atoms with van der Waals surface area (Å²) >= 11 is 3.51. The number of fused-ring (bicyclic) bond motifs is 1. The summed E-state index contributed by atoms with van der Waals surface area (Å²) in [7, 11) is 1.70. The first kappa shape index (κ1) is 14.4. The summed E-state index contributed by atoms with van der Waals surface area (Å²) in [5.74, 6) is 0.847. The van der Waals surface area contributed by atoms with E-state index in [0.717, 1.165) is 27.9 Å². The van der Waals surface area contributed by atoms with Crippen LogP contribution in [-0.2, 0) is 0 Å². The molecule has 4 heteroatoms. The summed E-state index contributed by atoms with van der Waals surface area (Å²) in [5.41, 5.74) is 11.0. The van der Waals surface area contributed by atoms with Gasteiger partial charge in [-0.05, 0) is 42.2 Å². The van der Waals surface area contributed by atoms with Gasteiger partial charge in [0.05, 0.1) is 18.8 Å². The van der Waals surface area contributed by atoms with Crippen molar-refractivity contribution in [1.29, 1.82) is 0 Å². The van der Waals surface area contributed by atoms with Crippen molar-refractivity contribution in [2.75, 3.05) is 12.4 Å². The molecule has 0 saturated carbocycles. The van der Waals surface area contributed by atoms with E-state index in [1.54, 1.807) is 7.11 Å². The van der Waals surface area contributed by atoms with Crippen LogP contribution in [-0.4, -0.2) is 7.11 Å². The number of nitrogens with two attached hydrogens (primary N) is 1. The van der Waals surface area contributed by atoms with Gasteiger partial charge in [0.2, 0.25) is 0 Å². The smallest absolute Gasteiger partial charge is 0.143 e. The Bertz CT molecular complexity index is 672. The van der Waals surface area contributed by atoms with E-state index in [1.165, 1.54) is 11.1 Å². The number of hydrogen-bond acceptors (Lipinski definition) is 3. The number of nitrogens with one attached hydrogen (secondary N) is 1. The summed E-state index contributed by atoms with van der Waals surface area (Å²) in [5, 5.41) is 3.62. The van der Waals surface area contributed by atoms with Crippen LogP contribution < -0.4 is 15.8 Å². The molecule has 0 bridgehead atoms. The molecule has 110 valence electrons. The van der Waals surface area contributed by atoms with Crippen LogP contribution in [0.15, 0.2) is 40.9 Å². The maximum Gasteiger partial charge on any atom is 0.143 e. The maximum absolute atomic E-state index is 6.24. The average Bonchev–Trinajstić information content (AvgIpc) is 2.78. The third-order valence-electron chi connectivity index (χ3n) is 4.06. The monoisotopic (exact) mass is 346 g/mol. The van der Waals surface area contributed by atoms with E-state index in [0.29, 0.717) is 0 Å². The number of aryl methyl sites for hydroxylation is 1. The van der Waals surface area contributed by atoms with Crippen molar-refractivity contribution in [3.63, 3.8) is 0 Å². The molecule has 0 spiro atoms. The molecule has 0 saturated heterocycles. The van der Waals surface area contributed by atoms with Gasteiger partial charge in [0.1, 0.15) is 5.75 Å². The van der Waals surface area contributed by atoms with Crippen molar-refractivity contribution in [2.24, 2.45) is 5.73 Å². The van der Waals surface area contributed by atoms with E-state index < -0.39 is 0 Å². The van der Waals surface area contributed by atoms with Gasteiger partial charge < -0.3 is 15.8 Å². The van der Waals surface area contributed by atoms with Crippen LogP contribution in [0.2, 0.25) is 0 Å². The fourth-order valence-electron chi connectivity index (χ4n) is 3.04. The molecule has 2 aromatic carbocycles. The highest BCUT2D eigenvalue weighted by Crippen LogP contribution is 2.42. The molecule has 2 aromatic rings. The molecule has 3 nitrogen and oxygen atoms in total. The van der Waals surface area contributed by atoms with Crippen molar-refractivity contribution >= 4 is 21.6 Å². The number of methoxy groups -OCH3 is 1. The Balaban J connectivity index is 1.96. The normalized spacial score (nSPS) is 20.2. The van der Waals surface area contributed by atoms with Crippen molar-refractivity contribution in [1.82, 2.24) is 0 Å². The van der Waals surface area contributed by atoms with Crippen LogP contribution in [0.5, 0.6) is 5.75 Å². The summed E-state index contributed by atoms with van der Waals surface area (Å²) < 4.78 is 6.53. The fourth-order valence-corrected chi connectivity index (χ4v) is 3.59. The lowest BCUT2D eigenvalue weighted by Gasteiger charge is -2.20. The van der Waals surface area contributed by atoms with Gasteiger partial charge in [-0.1, -0.05) is 40.2 Å². The molecule has 0 heterocycles. The van der Waals surface area contributed by atoms with Crippen LogP contribution in [0.4, 0.5) is 5.69 Å². The topological polar surface area (TPSA) is 47.3 Å². The lowest BCUT2D eigenvalue weighted by Crippen LogP contribution is -2.11. The second-order valence-electron chi connectivity index (χ2n) is 5.47. The molecule has 0 radical (unpaired) electrons. The number of halogens is 1. The first-order valence-corrected chi connectivity index (χ1v) is 7.84. The minimum absolute atomic E-state index is 0.0976. The zero-order valence-corrected chi connectivity index (χ0v) is 13.8. The summed E-state index contributed by atoms with van der Waals surface area (Å²) in [6, 6.07) is 12.8. The largest absolute Gasteiger partial charge is 0.495 e. The van der Waals surface area contributed by atoms with Crippen LogP contribution in [0, 0.1) is 6.92 Å². The van der Waals surface area contributed by atoms with Gasteiger partial charge in [-0.2, -0.15) is 0 Å². The molecule has 2 atom stereocenters. The zero-order chi connectivity index (χ0) is 15.0. The van der Waals surface area contributed by atoms with Crippen molar-refractivity contribution in [3.05, 3.63) is 57.6 Å². The number of rotatable bonds is 3. The van der Waals surface area contributed by atoms with Crippen molar-refractivity contribution in [2.45, 2.75) is 25.4 Å². The highest BCUT2D eigenvalue weighted by atomic mass is 79.9. The predicted molar refractivity (Wildman–Crippen MR) is 89.8 cm³/mol. The van der Waals surface area contributed by atoms with Crippen molar-refractivity contribution < 1.29 is 4.74 Å². The number of benzene rings is 2. The second-order valence-corrected chi connectivity index (χ2v) is 6.38. The average molecular weight is 347 g/mol. The molecular weight excluding hydrogens is 328 g/mol. The maximum atomic E-state index is 6.24. The van der Waals surface area contributed by atoms with E-state index in [-0.39, 0.29) is 12.1 Å². The Morgan fingerprint density at radius 2 is 1.95 bits per heavy atom. The molecule has 1 aliphatic carbocycles. The van der Waals surface area contributed by atoms with Gasteiger partial charge >= 0.3 is 0 Å². The van der Waals surface area contributed by atoms with E-state index in [4.69, 9.17) is 10.5 Å². The van der Waals surface area contributed by atoms with Crippen LogP contribution in [0.25, 0.3) is 0 Å². The molecule has 0 aliphatic heterocycles. The van der Waals surface area contributed by atoms with Gasteiger partial charge in [-0.15, -0.1) is 0 Å². The summed E-state index contributed by atoms with van der Waals surface area (Å²) in [6.07, 6.45) is 0.901. The van der Waals surface area contributed by atoms with E-state index in [2.05, 4.69) is 52.4 Å². The van der Waals surface area contributed by atoms with Crippen LogP contribution >= 0.6 is 15.9 Å². The first-order valence-electron chi connectivity index (χ1n) is 7.05. The molecular formula is C17H19BrN2O. The first-order chi connectivity index (χ1) is 10.1. The minimum atomic E-state index is 0.0976. The fraction of sp³-hybridized carbons (Fsp3) is 0.294. The Labute approximate surface area is 133 Å². The Hall–Kier alpha value is -1.52. The van der Waals surface area contributed by atoms with Gasteiger partial charge in [0.25, 0.3) is 0 Å². The quantitative estimate of drug-likeness (QED) is 0.869. The third kappa shape index (κ3) is 2.65. The molecule has 21 heavy (non-hydrogen) atoms. The summed E-state index contributed by atoms with van der Waals surface area (Å²) in [4.78, 5) is 0. The van der Waals surface area contributed by atoms with Crippen LogP contribution in [0.3, 0.4) is 0 Å². The van der Waals surface area contributed by atoms with Gasteiger partial charge in [0, 0.05) is 10.5 Å². The van der Waals surface area contributed by atoms with E-state index in [1.807, 2.05) is 12.1 Å². The zero-order valence-electron chi connectivity index (χ0n) is 12.2. The Morgan fingerprint density at radius 1 is 1.24 bits per heavy atom. The van der Waals surface area contributed by atoms with Crippen molar-refractivity contribution in [3.8, 4) is 5.75 Å². The van der Waals surface area contributed by atoms with E-state index in [9.17, 15) is 0 Å². The predicted octanol–water partition coefficient (Wildman–Crippen LogP) is 4.32. The summed E-state index contributed by atoms with van der Waals surface area (Å²) in [6.45, 7) is 2.08. The standard InChI is InChI=1S/C17H19BrN2O/c1-10-7-11(18)8-16(21-2)17(10)20-15-9-14(19)12-5-3-4-6-13(12)15/h3-8,14-15,20H,9,19H2,1-2H3. The van der Waals surface area contributed by atoms with Gasteiger partial charge in [0.15, 0.2) is 0 Å². The van der Waals surface area contributed by atoms with E-state index >= 15 is 0 Å². The SMILES string of the molecule is COc1cc(Br)cc(C)c1NC1CC(N)c2ccccc21. The molecule has 0 aromatic heterocycles. The van der Waals surface area contributed by atoms with Gasteiger partial charge in [-0.3, -0.25) is 0 Å². The molecule has 1 aliphatic rings. The third-order valence-corrected chi connectivity index (χ3v) is 4.52. The second kappa shape index (κ2) is 5.70. The molecule has 2 unspecified atom stereocenters. The molecule has 0 fully saturated rings. The Morgan fingerprint density at radius 3 is 2.67 bits per heavy atom. The molecule has 3 rings (SSSR count). The Kier molecular flexibility index (Phi) is 3.91. The number of hydrogen-bond donors (Lipinski definition) is 2. The molecule has 0 amide bonds. The highest BCUT2D eigenvalue weighted by Gasteiger charge is 2.29. The number of anilines is 1. The minimum Gasteiger partial charge on any atom is -0.495 e.